The number of aromatic nitrogens is 2. The first-order valence-corrected chi connectivity index (χ1v) is 9.33. The molecule has 2 aromatic heterocycles. The summed E-state index contributed by atoms with van der Waals surface area (Å²) in [5, 5.41) is 4.15. The molecule has 27 heavy (non-hydrogen) atoms. The van der Waals surface area contributed by atoms with E-state index in [1.54, 1.807) is 18.3 Å². The zero-order valence-electron chi connectivity index (χ0n) is 15.1. The Morgan fingerprint density at radius 2 is 2.07 bits per heavy atom. The van der Waals surface area contributed by atoms with Gasteiger partial charge in [0.2, 0.25) is 5.88 Å². The van der Waals surface area contributed by atoms with Crippen molar-refractivity contribution in [3.8, 4) is 5.88 Å². The third-order valence-corrected chi connectivity index (χ3v) is 4.81. The smallest absolute Gasteiger partial charge is 0.252 e. The van der Waals surface area contributed by atoms with Gasteiger partial charge in [0.15, 0.2) is 0 Å². The second kappa shape index (κ2) is 8.22. The number of H-pyrrole nitrogens is 1. The Bertz CT molecular complexity index is 898. The predicted octanol–water partition coefficient (Wildman–Crippen LogP) is 3.09. The molecule has 0 unspecified atom stereocenters. The number of benzene rings is 1. The van der Waals surface area contributed by atoms with Crippen LogP contribution in [0.15, 0.2) is 48.8 Å². The van der Waals surface area contributed by atoms with Crippen molar-refractivity contribution in [3.63, 3.8) is 0 Å². The summed E-state index contributed by atoms with van der Waals surface area (Å²) in [6, 6.07) is 11.7. The van der Waals surface area contributed by atoms with Crippen molar-refractivity contribution in [1.82, 2.24) is 15.3 Å². The fourth-order valence-electron chi connectivity index (χ4n) is 3.30. The van der Waals surface area contributed by atoms with Crippen LogP contribution in [0.4, 0.5) is 0 Å². The van der Waals surface area contributed by atoms with Gasteiger partial charge in [-0.25, -0.2) is 4.98 Å². The van der Waals surface area contributed by atoms with E-state index in [0.29, 0.717) is 18.0 Å². The monoisotopic (exact) mass is 365 g/mol. The Morgan fingerprint density at radius 3 is 2.89 bits per heavy atom. The van der Waals surface area contributed by atoms with E-state index in [-0.39, 0.29) is 12.0 Å². The van der Waals surface area contributed by atoms with Gasteiger partial charge in [0.25, 0.3) is 5.91 Å². The van der Waals surface area contributed by atoms with Crippen molar-refractivity contribution in [2.24, 2.45) is 0 Å². The molecule has 0 aliphatic carbocycles. The molecule has 0 saturated carbocycles. The molecule has 0 spiro atoms. The van der Waals surface area contributed by atoms with Crippen molar-refractivity contribution in [2.75, 3.05) is 19.8 Å². The fraction of sp³-hybridized carbons (Fsp3) is 0.333. The second-order valence-electron chi connectivity index (χ2n) is 6.68. The molecular weight excluding hydrogens is 342 g/mol. The number of hydrogen-bond acceptors (Lipinski definition) is 4. The van der Waals surface area contributed by atoms with Gasteiger partial charge in [-0.2, -0.15) is 0 Å². The minimum atomic E-state index is -0.125. The maximum absolute atomic E-state index is 12.3. The van der Waals surface area contributed by atoms with Gasteiger partial charge in [0.1, 0.15) is 6.10 Å². The Hall–Kier alpha value is -2.86. The number of para-hydroxylation sites is 1. The van der Waals surface area contributed by atoms with Gasteiger partial charge in [-0.05, 0) is 24.1 Å². The van der Waals surface area contributed by atoms with Crippen molar-refractivity contribution < 1.29 is 14.3 Å². The van der Waals surface area contributed by atoms with E-state index in [1.165, 1.54) is 10.9 Å². The highest BCUT2D eigenvalue weighted by molar-refractivity contribution is 5.94. The lowest BCUT2D eigenvalue weighted by Gasteiger charge is -2.22. The number of aromatic amines is 1. The third-order valence-electron chi connectivity index (χ3n) is 4.81. The number of nitrogens with one attached hydrogen (secondary N) is 2. The molecule has 3 heterocycles. The second-order valence-corrected chi connectivity index (χ2v) is 6.68. The lowest BCUT2D eigenvalue weighted by atomic mass is 10.1. The van der Waals surface area contributed by atoms with Crippen LogP contribution in [0, 0.1) is 0 Å². The van der Waals surface area contributed by atoms with E-state index >= 15 is 0 Å². The maximum atomic E-state index is 12.3. The predicted molar refractivity (Wildman–Crippen MR) is 103 cm³/mol. The largest absolute Gasteiger partial charge is 0.474 e. The normalized spacial score (nSPS) is 15.0. The number of fused-ring (bicyclic) bond motifs is 1. The standard InChI is InChI=1S/C21H23N3O3/c25-21(22-10-7-15-13-23-19-4-2-1-3-18(15)19)16-5-6-20(24-14-16)27-17-8-11-26-12-9-17/h1-6,13-14,17,23H,7-12H2,(H,22,25). The summed E-state index contributed by atoms with van der Waals surface area (Å²) in [5.41, 5.74) is 2.85. The number of hydrogen-bond donors (Lipinski definition) is 2. The highest BCUT2D eigenvalue weighted by Gasteiger charge is 2.16. The zero-order chi connectivity index (χ0) is 18.5. The van der Waals surface area contributed by atoms with Crippen LogP contribution in [0.25, 0.3) is 10.9 Å². The fourth-order valence-corrected chi connectivity index (χ4v) is 3.30. The Kier molecular flexibility index (Phi) is 5.34. The highest BCUT2D eigenvalue weighted by Crippen LogP contribution is 2.18. The molecule has 6 nitrogen and oxygen atoms in total. The molecule has 1 saturated heterocycles. The number of nitrogens with zero attached hydrogens (tertiary/aromatic N) is 1. The number of amides is 1. The van der Waals surface area contributed by atoms with Gasteiger partial charge in [-0.15, -0.1) is 0 Å². The first kappa shape index (κ1) is 17.5. The van der Waals surface area contributed by atoms with E-state index in [9.17, 15) is 4.79 Å². The molecule has 0 bridgehead atoms. The van der Waals surface area contributed by atoms with Crippen LogP contribution in [0.1, 0.15) is 28.8 Å². The molecule has 3 aromatic rings. The molecule has 1 aromatic carbocycles. The van der Waals surface area contributed by atoms with Crippen molar-refractivity contribution in [3.05, 3.63) is 59.9 Å². The summed E-state index contributed by atoms with van der Waals surface area (Å²) in [6.45, 7) is 2.02. The summed E-state index contributed by atoms with van der Waals surface area (Å²) in [6.07, 6.45) is 6.22. The summed E-state index contributed by atoms with van der Waals surface area (Å²) in [5.74, 6) is 0.428. The van der Waals surface area contributed by atoms with Gasteiger partial charge >= 0.3 is 0 Å². The first-order chi connectivity index (χ1) is 13.3. The van der Waals surface area contributed by atoms with Gasteiger partial charge in [-0.1, -0.05) is 18.2 Å². The Morgan fingerprint density at radius 1 is 1.22 bits per heavy atom. The van der Waals surface area contributed by atoms with Gasteiger partial charge in [-0.3, -0.25) is 4.79 Å². The third kappa shape index (κ3) is 4.28. The summed E-state index contributed by atoms with van der Waals surface area (Å²) < 4.78 is 11.2. The molecule has 1 aliphatic rings. The number of pyridine rings is 1. The van der Waals surface area contributed by atoms with Crippen molar-refractivity contribution >= 4 is 16.8 Å². The van der Waals surface area contributed by atoms with E-state index < -0.39 is 0 Å². The molecule has 1 amide bonds. The van der Waals surface area contributed by atoms with E-state index in [1.807, 2.05) is 24.4 Å². The van der Waals surface area contributed by atoms with Crippen molar-refractivity contribution in [1.29, 1.82) is 0 Å². The average Bonchev–Trinajstić information content (AvgIpc) is 3.12. The molecule has 4 rings (SSSR count). The lowest BCUT2D eigenvalue weighted by molar-refractivity contribution is 0.0237. The summed E-state index contributed by atoms with van der Waals surface area (Å²) in [7, 11) is 0. The quantitative estimate of drug-likeness (QED) is 0.704. The van der Waals surface area contributed by atoms with Gasteiger partial charge < -0.3 is 19.8 Å². The van der Waals surface area contributed by atoms with Crippen LogP contribution < -0.4 is 10.1 Å². The minimum Gasteiger partial charge on any atom is -0.474 e. The SMILES string of the molecule is O=C(NCCc1c[nH]c2ccccc12)c1ccc(OC2CCOCC2)nc1. The first-order valence-electron chi connectivity index (χ1n) is 9.33. The van der Waals surface area contributed by atoms with Gasteiger partial charge in [0, 0.05) is 48.7 Å². The maximum Gasteiger partial charge on any atom is 0.252 e. The van der Waals surface area contributed by atoms with Crippen LogP contribution in [-0.4, -0.2) is 41.7 Å². The van der Waals surface area contributed by atoms with E-state index in [2.05, 4.69) is 21.4 Å². The van der Waals surface area contributed by atoms with Crippen LogP contribution in [-0.2, 0) is 11.2 Å². The molecule has 140 valence electrons. The lowest BCUT2D eigenvalue weighted by Crippen LogP contribution is -2.27. The van der Waals surface area contributed by atoms with Crippen molar-refractivity contribution in [2.45, 2.75) is 25.4 Å². The Labute approximate surface area is 157 Å². The molecule has 1 aliphatic heterocycles. The number of carbonyl (C=O) groups excluding carboxylic acids is 1. The minimum absolute atomic E-state index is 0.125. The molecule has 0 atom stereocenters. The molecule has 6 heteroatoms. The molecule has 1 fully saturated rings. The number of ether oxygens (including phenoxy) is 2. The summed E-state index contributed by atoms with van der Waals surface area (Å²) in [4.78, 5) is 19.8. The van der Waals surface area contributed by atoms with E-state index in [0.717, 1.165) is 38.0 Å². The number of carbonyl (C=O) groups is 1. The van der Waals surface area contributed by atoms with Crippen LogP contribution in [0.5, 0.6) is 5.88 Å². The topological polar surface area (TPSA) is 76.2 Å². The highest BCUT2D eigenvalue weighted by atomic mass is 16.5. The number of rotatable bonds is 6. The van der Waals surface area contributed by atoms with Crippen LogP contribution in [0.3, 0.4) is 0 Å². The molecular formula is C21H23N3O3. The van der Waals surface area contributed by atoms with Crippen LogP contribution in [0.2, 0.25) is 0 Å². The van der Waals surface area contributed by atoms with Gasteiger partial charge in [0.05, 0.1) is 18.8 Å². The molecule has 2 N–H and O–H groups in total. The zero-order valence-corrected chi connectivity index (χ0v) is 15.1. The average molecular weight is 365 g/mol. The Balaban J connectivity index is 1.29. The molecule has 0 radical (unpaired) electrons. The summed E-state index contributed by atoms with van der Waals surface area (Å²) >= 11 is 0. The van der Waals surface area contributed by atoms with Crippen LogP contribution >= 0.6 is 0 Å². The van der Waals surface area contributed by atoms with E-state index in [4.69, 9.17) is 9.47 Å².